The molecule has 0 N–H and O–H groups in total. The van der Waals surface area contributed by atoms with E-state index in [1.165, 1.54) is 6.92 Å². The largest absolute Gasteiger partial charge is 0.290 e. The summed E-state index contributed by atoms with van der Waals surface area (Å²) in [6.07, 6.45) is -0.191. The topological polar surface area (TPSA) is 0 Å². The summed E-state index contributed by atoms with van der Waals surface area (Å²) in [6, 6.07) is 0. The maximum absolute atomic E-state index is 14.0. The summed E-state index contributed by atoms with van der Waals surface area (Å²) >= 11 is 0. The monoisotopic (exact) mass is 230 g/mol. The molecule has 3 atom stereocenters. The molecule has 90 valence electrons. The third-order valence-corrected chi connectivity index (χ3v) is 3.44. The quantitative estimate of drug-likeness (QED) is 0.628. The summed E-state index contributed by atoms with van der Waals surface area (Å²) < 4.78 is 67.1. The molecule has 1 aliphatic carbocycles. The van der Waals surface area contributed by atoms with Crippen molar-refractivity contribution in [2.45, 2.75) is 51.1 Å². The highest BCUT2D eigenvalue weighted by molar-refractivity contribution is 5.13. The number of alkyl halides is 5. The van der Waals surface area contributed by atoms with Crippen LogP contribution in [0.2, 0.25) is 0 Å². The van der Waals surface area contributed by atoms with Crippen molar-refractivity contribution in [2.24, 2.45) is 11.8 Å². The Bertz CT molecular complexity index is 245. The first-order valence-corrected chi connectivity index (χ1v) is 5.03. The number of hydrogen-bond acceptors (Lipinski definition) is 0. The number of rotatable bonds is 2. The van der Waals surface area contributed by atoms with Crippen LogP contribution in [0.5, 0.6) is 0 Å². The second kappa shape index (κ2) is 3.32. The van der Waals surface area contributed by atoms with Crippen LogP contribution in [-0.2, 0) is 0 Å². The van der Waals surface area contributed by atoms with E-state index in [0.29, 0.717) is 0 Å². The lowest BCUT2D eigenvalue weighted by Gasteiger charge is -2.37. The van der Waals surface area contributed by atoms with E-state index in [1.807, 2.05) is 0 Å². The molecule has 0 heterocycles. The summed E-state index contributed by atoms with van der Waals surface area (Å²) in [6.45, 7) is 2.82. The standard InChI is InChI=1S/C10H15F5/c1-4-7-5-6(2)10(14,15)9(7,13)8(3,11)12/h6-7H,4-5H2,1-3H3. The molecular formula is C10H15F5. The van der Waals surface area contributed by atoms with Gasteiger partial charge in [-0.25, -0.2) is 22.0 Å². The molecule has 1 aliphatic rings. The Morgan fingerprint density at radius 1 is 1.27 bits per heavy atom. The van der Waals surface area contributed by atoms with Gasteiger partial charge in [0, 0.05) is 18.8 Å². The SMILES string of the molecule is CCC1CC(C)C(F)(F)C1(F)C(C)(F)F. The first kappa shape index (κ1) is 12.7. The first-order chi connectivity index (χ1) is 6.59. The molecule has 0 aromatic carbocycles. The molecular weight excluding hydrogens is 215 g/mol. The summed E-state index contributed by atoms with van der Waals surface area (Å²) in [7, 11) is 0. The van der Waals surface area contributed by atoms with Crippen molar-refractivity contribution in [3.8, 4) is 0 Å². The predicted molar refractivity (Wildman–Crippen MR) is 47.0 cm³/mol. The zero-order valence-electron chi connectivity index (χ0n) is 8.96. The van der Waals surface area contributed by atoms with Crippen LogP contribution in [0.3, 0.4) is 0 Å². The molecule has 5 heteroatoms. The van der Waals surface area contributed by atoms with Gasteiger partial charge in [0.2, 0.25) is 5.67 Å². The summed E-state index contributed by atoms with van der Waals surface area (Å²) in [5.74, 6) is -10.6. The van der Waals surface area contributed by atoms with Gasteiger partial charge in [-0.05, 0) is 12.8 Å². The Balaban J connectivity index is 3.22. The highest BCUT2D eigenvalue weighted by Gasteiger charge is 2.75. The smallest absolute Gasteiger partial charge is 0.230 e. The van der Waals surface area contributed by atoms with Gasteiger partial charge in [0.15, 0.2) is 0 Å². The minimum absolute atomic E-state index is 0.000139. The fraction of sp³-hybridized carbons (Fsp3) is 1.00. The number of hydrogen-bond donors (Lipinski definition) is 0. The van der Waals surface area contributed by atoms with Crippen molar-refractivity contribution in [3.05, 3.63) is 0 Å². The fourth-order valence-corrected chi connectivity index (χ4v) is 2.47. The highest BCUT2D eigenvalue weighted by Crippen LogP contribution is 2.60. The molecule has 0 amide bonds. The average molecular weight is 230 g/mol. The van der Waals surface area contributed by atoms with Crippen LogP contribution < -0.4 is 0 Å². The van der Waals surface area contributed by atoms with E-state index in [-0.39, 0.29) is 19.8 Å². The van der Waals surface area contributed by atoms with Gasteiger partial charge < -0.3 is 0 Å². The molecule has 15 heavy (non-hydrogen) atoms. The molecule has 0 aromatic heterocycles. The minimum atomic E-state index is -4.01. The van der Waals surface area contributed by atoms with Gasteiger partial charge in [0.05, 0.1) is 0 Å². The van der Waals surface area contributed by atoms with Gasteiger partial charge in [-0.3, -0.25) is 0 Å². The van der Waals surface area contributed by atoms with Crippen LogP contribution in [0.15, 0.2) is 0 Å². The van der Waals surface area contributed by atoms with Gasteiger partial charge in [-0.1, -0.05) is 13.8 Å². The molecule has 0 radical (unpaired) electrons. The summed E-state index contributed by atoms with van der Waals surface area (Å²) in [5.41, 5.74) is -3.70. The Kier molecular flexibility index (Phi) is 2.81. The molecule has 0 aliphatic heterocycles. The molecule has 0 bridgehead atoms. The first-order valence-electron chi connectivity index (χ1n) is 5.03. The highest BCUT2D eigenvalue weighted by atomic mass is 19.3. The predicted octanol–water partition coefficient (Wildman–Crippen LogP) is 4.05. The zero-order chi connectivity index (χ0) is 12.1. The lowest BCUT2D eigenvalue weighted by Crippen LogP contribution is -2.57. The van der Waals surface area contributed by atoms with Crippen molar-refractivity contribution in [1.82, 2.24) is 0 Å². The van der Waals surface area contributed by atoms with Crippen LogP contribution in [-0.4, -0.2) is 17.5 Å². The van der Waals surface area contributed by atoms with Crippen molar-refractivity contribution in [3.63, 3.8) is 0 Å². The Morgan fingerprint density at radius 3 is 2.00 bits per heavy atom. The molecule has 0 saturated heterocycles. The fourth-order valence-electron chi connectivity index (χ4n) is 2.47. The van der Waals surface area contributed by atoms with E-state index in [0.717, 1.165) is 6.92 Å². The van der Waals surface area contributed by atoms with Gasteiger partial charge in [0.1, 0.15) is 0 Å². The summed E-state index contributed by atoms with van der Waals surface area (Å²) in [5, 5.41) is 0. The minimum Gasteiger partial charge on any atom is -0.230 e. The summed E-state index contributed by atoms with van der Waals surface area (Å²) in [4.78, 5) is 0. The Labute approximate surface area is 85.8 Å². The van der Waals surface area contributed by atoms with E-state index in [9.17, 15) is 22.0 Å². The van der Waals surface area contributed by atoms with Gasteiger partial charge >= 0.3 is 0 Å². The maximum Gasteiger partial charge on any atom is 0.290 e. The molecule has 1 fully saturated rings. The van der Waals surface area contributed by atoms with Crippen LogP contribution in [0, 0.1) is 11.8 Å². The third-order valence-electron chi connectivity index (χ3n) is 3.44. The van der Waals surface area contributed by atoms with Gasteiger partial charge in [-0.2, -0.15) is 0 Å². The number of halogens is 5. The van der Waals surface area contributed by atoms with Crippen LogP contribution in [0.4, 0.5) is 22.0 Å². The maximum atomic E-state index is 14.0. The zero-order valence-corrected chi connectivity index (χ0v) is 8.96. The van der Waals surface area contributed by atoms with E-state index in [1.54, 1.807) is 0 Å². The lowest BCUT2D eigenvalue weighted by atomic mass is 9.83. The van der Waals surface area contributed by atoms with Crippen LogP contribution >= 0.6 is 0 Å². The molecule has 1 rings (SSSR count). The van der Waals surface area contributed by atoms with Crippen LogP contribution in [0.1, 0.15) is 33.6 Å². The molecule has 0 spiro atoms. The average Bonchev–Trinajstić information content (AvgIpc) is 2.25. The molecule has 3 unspecified atom stereocenters. The van der Waals surface area contributed by atoms with E-state index < -0.39 is 29.3 Å². The van der Waals surface area contributed by atoms with Crippen molar-refractivity contribution in [1.29, 1.82) is 0 Å². The van der Waals surface area contributed by atoms with E-state index >= 15 is 0 Å². The van der Waals surface area contributed by atoms with Gasteiger partial charge in [-0.15, -0.1) is 0 Å². The Morgan fingerprint density at radius 2 is 1.73 bits per heavy atom. The van der Waals surface area contributed by atoms with Gasteiger partial charge in [0.25, 0.3) is 11.8 Å². The Hall–Kier alpha value is -0.350. The lowest BCUT2D eigenvalue weighted by molar-refractivity contribution is -0.248. The van der Waals surface area contributed by atoms with E-state index in [4.69, 9.17) is 0 Å². The molecule has 0 nitrogen and oxygen atoms in total. The second-order valence-electron chi connectivity index (χ2n) is 4.47. The van der Waals surface area contributed by atoms with E-state index in [2.05, 4.69) is 0 Å². The normalized spacial score (nSPS) is 40.8. The second-order valence-corrected chi connectivity index (χ2v) is 4.47. The van der Waals surface area contributed by atoms with Crippen molar-refractivity contribution in [2.75, 3.05) is 0 Å². The van der Waals surface area contributed by atoms with Crippen LogP contribution in [0.25, 0.3) is 0 Å². The third kappa shape index (κ3) is 1.46. The molecule has 1 saturated carbocycles. The molecule has 0 aromatic rings. The van der Waals surface area contributed by atoms with Crippen molar-refractivity contribution < 1.29 is 22.0 Å². The van der Waals surface area contributed by atoms with Crippen molar-refractivity contribution >= 4 is 0 Å².